The molecule has 148 valence electrons. The van der Waals surface area contributed by atoms with E-state index in [4.69, 9.17) is 22.3 Å². The van der Waals surface area contributed by atoms with Gasteiger partial charge in [-0.2, -0.15) is 11.8 Å². The Morgan fingerprint density at radius 1 is 0.560 bits per heavy atom. The fraction of sp³-hybridized carbons (Fsp3) is 0.889. The summed E-state index contributed by atoms with van der Waals surface area (Å²) in [6.45, 7) is 1.67. The topological polar surface area (TPSA) is 124 Å². The third-order valence-electron chi connectivity index (χ3n) is 4.06. The van der Waals surface area contributed by atoms with Crippen LogP contribution in [0.3, 0.4) is 0 Å². The van der Waals surface area contributed by atoms with Gasteiger partial charge in [0, 0.05) is 13.1 Å². The highest BCUT2D eigenvalue weighted by Crippen LogP contribution is 2.13. The van der Waals surface area contributed by atoms with Crippen molar-refractivity contribution in [2.45, 2.75) is 77.0 Å². The molecule has 0 aromatic heterocycles. The Bertz CT molecular complexity index is 295. The Hall–Kier alpha value is -1.11. The number of thioether (sulfide) groups is 1. The lowest BCUT2D eigenvalue weighted by Gasteiger charge is -2.05. The van der Waals surface area contributed by atoms with Gasteiger partial charge in [-0.1, -0.05) is 51.4 Å². The van der Waals surface area contributed by atoms with Crippen LogP contribution < -0.4 is 22.1 Å². The van der Waals surface area contributed by atoms with E-state index >= 15 is 0 Å². The maximum Gasteiger partial charge on any atom is 0.185 e. The molecule has 0 atom stereocenters. The summed E-state index contributed by atoms with van der Waals surface area (Å²) in [6.07, 6.45) is 15.3. The van der Waals surface area contributed by atoms with Crippen LogP contribution in [0.4, 0.5) is 0 Å². The molecule has 0 saturated heterocycles. The average Bonchev–Trinajstić information content (AvgIpc) is 2.56. The van der Waals surface area contributed by atoms with Gasteiger partial charge in [0.25, 0.3) is 0 Å². The number of hydrogen-bond donors (Lipinski definition) is 6. The maximum absolute atomic E-state index is 7.06. The molecule has 0 radical (unpaired) electrons. The zero-order valence-corrected chi connectivity index (χ0v) is 16.7. The molecule has 0 aromatic rings. The van der Waals surface area contributed by atoms with E-state index in [2.05, 4.69) is 22.4 Å². The molecule has 0 aliphatic rings. The van der Waals surface area contributed by atoms with Gasteiger partial charge in [-0.3, -0.25) is 10.8 Å². The van der Waals surface area contributed by atoms with Crippen LogP contribution in [0.2, 0.25) is 0 Å². The standard InChI is InChI=1S/C18H40N6S/c19-17(20)23-13-9-5-1-3-7-11-15-25-16-12-8-4-2-6-10-14-24-18(21)22/h1-16H2,(H4,19,20,23)(H4,21,22,24). The third-order valence-corrected chi connectivity index (χ3v) is 5.22. The van der Waals surface area contributed by atoms with Crippen molar-refractivity contribution in [1.82, 2.24) is 10.6 Å². The maximum atomic E-state index is 7.06. The van der Waals surface area contributed by atoms with Gasteiger partial charge >= 0.3 is 0 Å². The Kier molecular flexibility index (Phi) is 18.4. The van der Waals surface area contributed by atoms with Crippen LogP contribution in [-0.2, 0) is 0 Å². The van der Waals surface area contributed by atoms with E-state index in [1.54, 1.807) is 0 Å². The second-order valence-electron chi connectivity index (χ2n) is 6.54. The highest BCUT2D eigenvalue weighted by atomic mass is 32.2. The summed E-state index contributed by atoms with van der Waals surface area (Å²) in [5, 5.41) is 19.8. The Balaban J connectivity index is 3.00. The fourth-order valence-electron chi connectivity index (χ4n) is 2.62. The molecule has 0 bridgehead atoms. The number of nitrogens with one attached hydrogen (secondary N) is 4. The predicted molar refractivity (Wildman–Crippen MR) is 113 cm³/mol. The lowest BCUT2D eigenvalue weighted by molar-refractivity contribution is 0.601. The van der Waals surface area contributed by atoms with Gasteiger partial charge in [0.15, 0.2) is 11.9 Å². The number of nitrogens with two attached hydrogens (primary N) is 2. The van der Waals surface area contributed by atoms with Crippen LogP contribution in [-0.4, -0.2) is 36.5 Å². The molecule has 8 N–H and O–H groups in total. The summed E-state index contributed by atoms with van der Waals surface area (Å²) in [6, 6.07) is 0. The van der Waals surface area contributed by atoms with E-state index < -0.39 is 0 Å². The Labute approximate surface area is 158 Å². The van der Waals surface area contributed by atoms with Gasteiger partial charge in [0.2, 0.25) is 0 Å². The number of hydrogen-bond acceptors (Lipinski definition) is 3. The smallest absolute Gasteiger partial charge is 0.185 e. The van der Waals surface area contributed by atoms with Crippen LogP contribution in [0, 0.1) is 10.8 Å². The highest BCUT2D eigenvalue weighted by molar-refractivity contribution is 7.99. The summed E-state index contributed by atoms with van der Waals surface area (Å²) in [4.78, 5) is 0. The van der Waals surface area contributed by atoms with Crippen molar-refractivity contribution in [3.63, 3.8) is 0 Å². The predicted octanol–water partition coefficient (Wildman–Crippen LogP) is 3.37. The second kappa shape index (κ2) is 19.2. The normalized spacial score (nSPS) is 10.6. The molecule has 0 spiro atoms. The van der Waals surface area contributed by atoms with E-state index in [1.165, 1.54) is 75.7 Å². The molecular weight excluding hydrogens is 332 g/mol. The summed E-state index contributed by atoms with van der Waals surface area (Å²) >= 11 is 2.11. The molecule has 0 amide bonds. The third kappa shape index (κ3) is 22.9. The summed E-state index contributed by atoms with van der Waals surface area (Å²) in [7, 11) is 0. The summed E-state index contributed by atoms with van der Waals surface area (Å²) in [5.74, 6) is 2.78. The first kappa shape index (κ1) is 23.9. The molecule has 25 heavy (non-hydrogen) atoms. The van der Waals surface area contributed by atoms with Crippen LogP contribution in [0.5, 0.6) is 0 Å². The van der Waals surface area contributed by atoms with E-state index in [0.717, 1.165) is 25.9 Å². The number of rotatable bonds is 18. The Morgan fingerprint density at radius 2 is 0.880 bits per heavy atom. The van der Waals surface area contributed by atoms with Crippen molar-refractivity contribution in [2.24, 2.45) is 11.5 Å². The fourth-order valence-corrected chi connectivity index (χ4v) is 3.64. The molecule has 0 rings (SSSR count). The van der Waals surface area contributed by atoms with Crippen molar-refractivity contribution in [3.8, 4) is 0 Å². The van der Waals surface area contributed by atoms with Crippen LogP contribution in [0.25, 0.3) is 0 Å². The molecular formula is C18H40N6S. The van der Waals surface area contributed by atoms with Crippen LogP contribution in [0.15, 0.2) is 0 Å². The van der Waals surface area contributed by atoms with Crippen molar-refractivity contribution >= 4 is 23.7 Å². The molecule has 0 heterocycles. The van der Waals surface area contributed by atoms with Gasteiger partial charge in [-0.15, -0.1) is 0 Å². The van der Waals surface area contributed by atoms with E-state index in [0.29, 0.717) is 0 Å². The Morgan fingerprint density at radius 3 is 1.24 bits per heavy atom. The molecule has 0 aliphatic heterocycles. The first-order valence-corrected chi connectivity index (χ1v) is 11.0. The van der Waals surface area contributed by atoms with Gasteiger partial charge in [-0.05, 0) is 37.2 Å². The number of guanidine groups is 2. The number of unbranched alkanes of at least 4 members (excludes halogenated alkanes) is 10. The van der Waals surface area contributed by atoms with Crippen molar-refractivity contribution in [2.75, 3.05) is 24.6 Å². The minimum atomic E-state index is 0.0824. The van der Waals surface area contributed by atoms with Gasteiger partial charge < -0.3 is 22.1 Å². The average molecular weight is 373 g/mol. The van der Waals surface area contributed by atoms with E-state index in [-0.39, 0.29) is 11.9 Å². The first-order valence-electron chi connectivity index (χ1n) is 9.86. The van der Waals surface area contributed by atoms with Crippen molar-refractivity contribution in [3.05, 3.63) is 0 Å². The molecule has 0 fully saturated rings. The molecule has 6 nitrogen and oxygen atoms in total. The van der Waals surface area contributed by atoms with Crippen molar-refractivity contribution in [1.29, 1.82) is 10.8 Å². The lowest BCUT2D eigenvalue weighted by atomic mass is 10.1. The zero-order chi connectivity index (χ0) is 18.6. The molecule has 0 aromatic carbocycles. The zero-order valence-electron chi connectivity index (χ0n) is 15.9. The molecule has 0 unspecified atom stereocenters. The lowest BCUT2D eigenvalue weighted by Crippen LogP contribution is -2.30. The van der Waals surface area contributed by atoms with Crippen LogP contribution >= 0.6 is 11.8 Å². The van der Waals surface area contributed by atoms with Gasteiger partial charge in [0.05, 0.1) is 0 Å². The minimum Gasteiger partial charge on any atom is -0.370 e. The first-order chi connectivity index (χ1) is 12.1. The quantitative estimate of drug-likeness (QED) is 0.125. The second-order valence-corrected chi connectivity index (χ2v) is 7.76. The van der Waals surface area contributed by atoms with Gasteiger partial charge in [0.1, 0.15) is 0 Å². The molecule has 7 heteroatoms. The molecule has 0 saturated carbocycles. The monoisotopic (exact) mass is 372 g/mol. The highest BCUT2D eigenvalue weighted by Gasteiger charge is 1.95. The van der Waals surface area contributed by atoms with E-state index in [1.807, 2.05) is 0 Å². The minimum absolute atomic E-state index is 0.0824. The summed E-state index contributed by atoms with van der Waals surface area (Å²) < 4.78 is 0. The van der Waals surface area contributed by atoms with Crippen molar-refractivity contribution < 1.29 is 0 Å². The van der Waals surface area contributed by atoms with Crippen LogP contribution in [0.1, 0.15) is 77.0 Å². The SMILES string of the molecule is N=C(N)NCCCCCCCCSCCCCCCCCNC(=N)N. The largest absolute Gasteiger partial charge is 0.370 e. The van der Waals surface area contributed by atoms with Gasteiger partial charge in [-0.25, -0.2) is 0 Å². The van der Waals surface area contributed by atoms with E-state index in [9.17, 15) is 0 Å². The molecule has 0 aliphatic carbocycles. The summed E-state index contributed by atoms with van der Waals surface area (Å²) in [5.41, 5.74) is 10.5.